The Morgan fingerprint density at radius 1 is 0.383 bits per heavy atom. The van der Waals surface area contributed by atoms with Crippen LogP contribution in [0.3, 0.4) is 0 Å². The molecule has 5 nitrogen and oxygen atoms in total. The number of rotatable bonds is 9. The van der Waals surface area contributed by atoms with E-state index in [4.69, 9.17) is 4.99 Å². The molecule has 0 aromatic heterocycles. The first-order valence-electron chi connectivity index (χ1n) is 36.6. The molecule has 7 aliphatic rings. The highest BCUT2D eigenvalue weighted by molar-refractivity contribution is 6.82. The van der Waals surface area contributed by atoms with Gasteiger partial charge in [0.05, 0.1) is 16.5 Å². The van der Waals surface area contributed by atoms with Crippen LogP contribution < -0.4 is 5.32 Å². The van der Waals surface area contributed by atoms with E-state index in [1.807, 2.05) is 4.90 Å². The van der Waals surface area contributed by atoms with Gasteiger partial charge >= 0.3 is 6.03 Å². The average Bonchev–Trinajstić information content (AvgIpc) is 1.38. The van der Waals surface area contributed by atoms with Crippen molar-refractivity contribution in [1.29, 1.82) is 0 Å². The summed E-state index contributed by atoms with van der Waals surface area (Å²) in [6, 6.07) is 9.57. The van der Waals surface area contributed by atoms with E-state index in [1.165, 1.54) is 178 Å². The van der Waals surface area contributed by atoms with Crippen LogP contribution in [0.1, 0.15) is 137 Å². The van der Waals surface area contributed by atoms with Gasteiger partial charge in [-0.15, -0.1) is 0 Å². The van der Waals surface area contributed by atoms with Gasteiger partial charge in [0.15, 0.2) is 5.54 Å². The lowest BCUT2D eigenvalue weighted by Gasteiger charge is -2.56. The molecule has 1 heterocycles. The average molecular weight is 1190 g/mol. The fourth-order valence-corrected chi connectivity index (χ4v) is 30.5. The van der Waals surface area contributed by atoms with Crippen LogP contribution in [0, 0.1) is 0 Å². The summed E-state index contributed by atoms with van der Waals surface area (Å²) in [5.74, 6) is -0.0628. The predicted molar refractivity (Wildman–Crippen MR) is 392 cm³/mol. The SMILES string of the molecule is CCCCCCc1ccc(C2=N[C@](C)(C(=O)N(C(=O)NC3CCCCC3)C3CCCCC3)C34c5c6c7c8c9c%10c(c%11c%12c3c3c5c5c%13c6c6c7c7c9c9c%14c%10c%10c%11c%11c%12c%12c3c3c5c5c%13c%13c6c6c7c9c7c9c%14c%10c%10c%11c%11c%12c3c3c5c5c%13c6c7c6c9c%10c%11c3c56)C284)cc1. The zero-order valence-electron chi connectivity index (χ0n) is 51.3. The van der Waals surface area contributed by atoms with Gasteiger partial charge in [-0.2, -0.15) is 0 Å². The quantitative estimate of drug-likeness (QED) is 0.116. The maximum atomic E-state index is 18.7. The zero-order valence-corrected chi connectivity index (χ0v) is 51.3. The van der Waals surface area contributed by atoms with Crippen LogP contribution in [0.2, 0.25) is 0 Å². The number of carbonyl (C=O) groups is 2. The second kappa shape index (κ2) is 10.9. The summed E-state index contributed by atoms with van der Waals surface area (Å²) in [6.07, 6.45) is 16.1. The topological polar surface area (TPSA) is 61.8 Å². The van der Waals surface area contributed by atoms with Crippen molar-refractivity contribution in [3.8, 4) is 0 Å². The Labute approximate surface area is 526 Å². The van der Waals surface area contributed by atoms with E-state index in [0.717, 1.165) is 75.5 Å². The van der Waals surface area contributed by atoms with Crippen molar-refractivity contribution < 1.29 is 9.59 Å². The fourth-order valence-electron chi connectivity index (χ4n) is 30.5. The highest BCUT2D eigenvalue weighted by Crippen LogP contribution is 2.87. The summed E-state index contributed by atoms with van der Waals surface area (Å²) in [5.41, 5.74) is 5.93. The van der Waals surface area contributed by atoms with Crippen molar-refractivity contribution in [3.63, 3.8) is 0 Å². The van der Waals surface area contributed by atoms with Gasteiger partial charge in [-0.05, 0) is 370 Å². The first-order chi connectivity index (χ1) is 46.5. The molecule has 6 aliphatic carbocycles. The van der Waals surface area contributed by atoms with Crippen molar-refractivity contribution in [2.45, 2.75) is 139 Å². The molecule has 1 aliphatic heterocycles. The highest BCUT2D eigenvalue weighted by Gasteiger charge is 2.82. The molecule has 0 saturated heterocycles. The van der Waals surface area contributed by atoms with Crippen LogP contribution in [0.4, 0.5) is 4.79 Å². The highest BCUT2D eigenvalue weighted by atomic mass is 16.2. The molecule has 1 N–H and O–H groups in total. The smallest absolute Gasteiger partial charge is 0.324 e. The number of nitrogens with one attached hydrogen (secondary N) is 1. The van der Waals surface area contributed by atoms with E-state index in [1.54, 1.807) is 172 Å². The lowest BCUT2D eigenvalue weighted by molar-refractivity contribution is -0.137. The van der Waals surface area contributed by atoms with Crippen LogP contribution in [0.5, 0.6) is 0 Å². The number of imide groups is 1. The molecule has 0 radical (unpaired) electrons. The molecule has 5 heteroatoms. The summed E-state index contributed by atoms with van der Waals surface area (Å²) in [5, 5.41) is 87.2. The van der Waals surface area contributed by atoms with Gasteiger partial charge in [0.25, 0.3) is 5.91 Å². The predicted octanol–water partition coefficient (Wildman–Crippen LogP) is 22.9. The monoisotopic (exact) mass is 1190 g/mol. The van der Waals surface area contributed by atoms with Crippen molar-refractivity contribution in [2.24, 2.45) is 4.99 Å². The van der Waals surface area contributed by atoms with Crippen molar-refractivity contribution >= 4 is 309 Å². The molecule has 1 atom stereocenters. The summed E-state index contributed by atoms with van der Waals surface area (Å²) >= 11 is 0. The van der Waals surface area contributed by atoms with E-state index < -0.39 is 16.4 Å². The number of aliphatic imine (C=N–C) groups is 1. The molecule has 29 aromatic rings. The van der Waals surface area contributed by atoms with Gasteiger partial charge in [0, 0.05) is 12.1 Å². The fraction of sp³-hybridized carbons (Fsp3) is 0.247. The molecule has 29 aromatic carbocycles. The van der Waals surface area contributed by atoms with E-state index in [0.29, 0.717) is 0 Å². The van der Waals surface area contributed by atoms with E-state index in [9.17, 15) is 0 Å². The Balaban J connectivity index is 0.891. The summed E-state index contributed by atoms with van der Waals surface area (Å²) < 4.78 is 0. The zero-order chi connectivity index (χ0) is 58.5. The molecule has 0 unspecified atom stereocenters. The molecular formula is C89H43N3O2. The van der Waals surface area contributed by atoms with E-state index in [-0.39, 0.29) is 24.0 Å². The maximum Gasteiger partial charge on any atom is 0.324 e. The second-order valence-corrected chi connectivity index (χ2v) is 34.0. The molecule has 0 bridgehead atoms. The second-order valence-electron chi connectivity index (χ2n) is 34.0. The molecule has 2 spiro atoms. The minimum absolute atomic E-state index is 0.0529. The van der Waals surface area contributed by atoms with Crippen LogP contribution in [0.15, 0.2) is 29.3 Å². The summed E-state index contributed by atoms with van der Waals surface area (Å²) in [4.78, 5) is 44.0. The van der Waals surface area contributed by atoms with Crippen LogP contribution in [-0.4, -0.2) is 40.2 Å². The summed E-state index contributed by atoms with van der Waals surface area (Å²) in [7, 11) is 0. The Hall–Kier alpha value is -9.71. The van der Waals surface area contributed by atoms with E-state index in [2.05, 4.69) is 43.4 Å². The Kier molecular flexibility index (Phi) is 4.85. The first-order valence-corrected chi connectivity index (χ1v) is 36.6. The van der Waals surface area contributed by atoms with Crippen molar-refractivity contribution in [3.05, 3.63) is 57.6 Å². The number of nitrogens with zero attached hydrogens (tertiary/aromatic N) is 2. The van der Waals surface area contributed by atoms with Gasteiger partial charge in [0.1, 0.15) is 0 Å². The van der Waals surface area contributed by atoms with Gasteiger partial charge in [-0.1, -0.05) is 89.0 Å². The lowest BCUT2D eigenvalue weighted by atomic mass is 9.43. The lowest BCUT2D eigenvalue weighted by Crippen LogP contribution is -2.68. The largest absolute Gasteiger partial charge is 0.335 e. The third-order valence-electron chi connectivity index (χ3n) is 32.0. The van der Waals surface area contributed by atoms with Gasteiger partial charge in [0.2, 0.25) is 0 Å². The number of aryl methyl sites for hydroxylation is 1. The third-order valence-corrected chi connectivity index (χ3v) is 32.0. The summed E-state index contributed by atoms with van der Waals surface area (Å²) in [6.45, 7) is 4.69. The number of hydrogen-bond acceptors (Lipinski definition) is 3. The number of hydrogen-bond donors (Lipinski definition) is 1. The molecule has 36 rings (SSSR count). The van der Waals surface area contributed by atoms with Gasteiger partial charge < -0.3 is 5.32 Å². The van der Waals surface area contributed by atoms with Crippen LogP contribution >= 0.6 is 0 Å². The normalized spacial score (nSPS) is 23.6. The number of unbranched alkanes of at least 4 members (excludes halogenated alkanes) is 3. The minimum Gasteiger partial charge on any atom is -0.335 e. The number of amides is 3. The molecule has 94 heavy (non-hydrogen) atoms. The van der Waals surface area contributed by atoms with Crippen LogP contribution in [-0.2, 0) is 22.0 Å². The molecule has 426 valence electrons. The number of urea groups is 1. The number of benzene rings is 19. The Bertz CT molecular complexity index is 8140. The molecule has 2 saturated carbocycles. The van der Waals surface area contributed by atoms with Crippen molar-refractivity contribution in [1.82, 2.24) is 10.2 Å². The van der Waals surface area contributed by atoms with Gasteiger partial charge in [-0.25, -0.2) is 4.79 Å². The third kappa shape index (κ3) is 2.79. The standard InChI is InChI=1S/C89H43N3O2/c1-3-4-5-8-13-22-18-20-23(21-19-22)84-88-80-72-64-54-44-36-28-26-27-30-34-32(28)40-48-42(34)52-46-38(30)39-31(27)35-33-29(26)37(36)45-51-41(33)49-43(35)53-47(39)57-56(46)68-62(52)70-60(48)66(58(64)50(40)44)74(80)76(70)82-78(68)79-69(57)63(53)71-61(49)67-59(51)65(55(45)54)73(72)81(88)75(67)77(71)83(79)89(82,88)87(2,91-84)85(93)92(25-16-11-7-12-17-25)86(94)90-24-14-9-6-10-15-24/h18-21,24-25H,3-17H2,1-2H3,(H,90,94)/t87-,88?,89?/m1/s1. The Morgan fingerprint density at radius 3 is 1.00 bits per heavy atom. The molecule has 2 fully saturated rings. The maximum absolute atomic E-state index is 18.7. The first kappa shape index (κ1) is 41.8. The molecule has 3 amide bonds. The number of carbonyl (C=O) groups excluding carboxylic acids is 2. The minimum atomic E-state index is -1.48. The Morgan fingerprint density at radius 2 is 0.681 bits per heavy atom. The van der Waals surface area contributed by atoms with Crippen molar-refractivity contribution in [2.75, 3.05) is 0 Å². The molecular weight excluding hydrogens is 1140 g/mol. The van der Waals surface area contributed by atoms with Gasteiger partial charge in [-0.3, -0.25) is 14.7 Å². The van der Waals surface area contributed by atoms with E-state index >= 15 is 9.59 Å². The van der Waals surface area contributed by atoms with Crippen LogP contribution in [0.25, 0.3) is 291 Å².